The Bertz CT molecular complexity index is 600. The summed E-state index contributed by atoms with van der Waals surface area (Å²) < 4.78 is 5.41. The molecule has 0 saturated heterocycles. The number of nitrogens with zero attached hydrogens (tertiary/aromatic N) is 2. The highest BCUT2D eigenvalue weighted by atomic mass is 16.6. The lowest BCUT2D eigenvalue weighted by atomic mass is 10.1. The first-order valence-corrected chi connectivity index (χ1v) is 11.3. The average Bonchev–Trinajstić information content (AvgIpc) is 2.71. The largest absolute Gasteiger partial charge is 0.449 e. The molecule has 0 spiro atoms. The van der Waals surface area contributed by atoms with Crippen LogP contribution < -0.4 is 4.90 Å². The fourth-order valence-electron chi connectivity index (χ4n) is 3.47. The number of carbonyl (C=O) groups excluding carboxylic acids is 1. The molecule has 0 N–H and O–H groups in total. The van der Waals surface area contributed by atoms with Crippen LogP contribution in [0.2, 0.25) is 0 Å². The van der Waals surface area contributed by atoms with Crippen LogP contribution in [0.3, 0.4) is 0 Å². The van der Waals surface area contributed by atoms with Crippen molar-refractivity contribution in [2.75, 3.05) is 38.2 Å². The molecule has 0 aliphatic carbocycles. The summed E-state index contributed by atoms with van der Waals surface area (Å²) in [5, 5.41) is 0. The average molecular weight is 403 g/mol. The zero-order valence-corrected chi connectivity index (χ0v) is 19.2. The van der Waals surface area contributed by atoms with Gasteiger partial charge in [0, 0.05) is 32.4 Å². The lowest BCUT2D eigenvalue weighted by Gasteiger charge is -2.28. The molecule has 1 rings (SSSR count). The molecule has 4 nitrogen and oxygen atoms in total. The van der Waals surface area contributed by atoms with Crippen LogP contribution in [0, 0.1) is 0 Å². The highest BCUT2D eigenvalue weighted by Crippen LogP contribution is 2.22. The van der Waals surface area contributed by atoms with E-state index in [9.17, 15) is 4.79 Å². The van der Waals surface area contributed by atoms with Crippen molar-refractivity contribution in [3.8, 4) is 0 Å². The lowest BCUT2D eigenvalue weighted by Crippen LogP contribution is -2.33. The highest BCUT2D eigenvalue weighted by Gasteiger charge is 2.13. The van der Waals surface area contributed by atoms with Crippen molar-refractivity contribution in [3.63, 3.8) is 0 Å². The molecule has 0 saturated carbocycles. The molecule has 164 valence electrons. The minimum Gasteiger partial charge on any atom is -0.449 e. The Morgan fingerprint density at radius 2 is 1.69 bits per heavy atom. The van der Waals surface area contributed by atoms with Crippen LogP contribution in [0.15, 0.2) is 36.4 Å². The molecule has 0 unspecified atom stereocenters. The molecule has 0 bridgehead atoms. The van der Waals surface area contributed by atoms with Crippen LogP contribution in [-0.4, -0.2) is 44.3 Å². The van der Waals surface area contributed by atoms with Crippen LogP contribution in [-0.2, 0) is 11.2 Å². The number of ether oxygens (including phenoxy) is 1. The van der Waals surface area contributed by atoms with Crippen molar-refractivity contribution < 1.29 is 9.53 Å². The number of benzene rings is 1. The van der Waals surface area contributed by atoms with E-state index < -0.39 is 0 Å². The van der Waals surface area contributed by atoms with E-state index in [1.54, 1.807) is 4.90 Å². The fraction of sp³-hybridized carbons (Fsp3) is 0.640. The predicted octanol–water partition coefficient (Wildman–Crippen LogP) is 6.45. The van der Waals surface area contributed by atoms with Gasteiger partial charge in [-0.05, 0) is 37.8 Å². The molecular weight excluding hydrogens is 360 g/mol. The van der Waals surface area contributed by atoms with Crippen LogP contribution >= 0.6 is 0 Å². The highest BCUT2D eigenvalue weighted by molar-refractivity contribution is 5.67. The number of para-hydroxylation sites is 1. The summed E-state index contributed by atoms with van der Waals surface area (Å²) in [4.78, 5) is 16.2. The zero-order valence-electron chi connectivity index (χ0n) is 19.2. The second-order valence-corrected chi connectivity index (χ2v) is 8.02. The number of hydrogen-bond donors (Lipinski definition) is 0. The molecule has 0 aliphatic heterocycles. The third kappa shape index (κ3) is 10.4. The van der Waals surface area contributed by atoms with Gasteiger partial charge in [-0.25, -0.2) is 4.79 Å². The van der Waals surface area contributed by atoms with E-state index in [0.717, 1.165) is 44.3 Å². The van der Waals surface area contributed by atoms with Crippen molar-refractivity contribution in [2.45, 2.75) is 72.1 Å². The monoisotopic (exact) mass is 402 g/mol. The van der Waals surface area contributed by atoms with Gasteiger partial charge < -0.3 is 14.5 Å². The predicted molar refractivity (Wildman–Crippen MR) is 125 cm³/mol. The van der Waals surface area contributed by atoms with Crippen molar-refractivity contribution in [1.29, 1.82) is 0 Å². The number of amides is 1. The quantitative estimate of drug-likeness (QED) is 0.250. The fourth-order valence-corrected chi connectivity index (χ4v) is 3.47. The normalized spacial score (nSPS) is 10.6. The van der Waals surface area contributed by atoms with E-state index in [1.807, 2.05) is 7.05 Å². The maximum absolute atomic E-state index is 12.2. The smallest absolute Gasteiger partial charge is 0.409 e. The van der Waals surface area contributed by atoms with Crippen molar-refractivity contribution in [1.82, 2.24) is 4.90 Å². The molecule has 1 aromatic rings. The second-order valence-electron chi connectivity index (χ2n) is 8.02. The molecule has 0 fully saturated rings. The minimum absolute atomic E-state index is 0.209. The van der Waals surface area contributed by atoms with E-state index in [2.05, 4.69) is 56.5 Å². The van der Waals surface area contributed by atoms with Gasteiger partial charge in [-0.2, -0.15) is 0 Å². The number of rotatable bonds is 15. The standard InChI is InChI=1S/C25H42N2O2/c1-6-8-9-10-11-14-20-29-25(28)26(5)18-15-19-27(21-22(3)4)24-17-13-12-16-23(24)7-2/h12-13,16-17H,3,6-11,14-15,18-21H2,1-2,4-5H3. The van der Waals surface area contributed by atoms with Crippen molar-refractivity contribution >= 4 is 11.8 Å². The molecule has 1 amide bonds. The summed E-state index contributed by atoms with van der Waals surface area (Å²) in [7, 11) is 1.83. The summed E-state index contributed by atoms with van der Waals surface area (Å²) in [5.74, 6) is 0. The van der Waals surface area contributed by atoms with Crippen LogP contribution in [0.1, 0.15) is 71.3 Å². The molecule has 1 aromatic carbocycles. The van der Waals surface area contributed by atoms with Gasteiger partial charge in [-0.3, -0.25) is 0 Å². The van der Waals surface area contributed by atoms with Gasteiger partial charge in [0.2, 0.25) is 0 Å². The van der Waals surface area contributed by atoms with Crippen LogP contribution in [0.25, 0.3) is 0 Å². The summed E-state index contributed by atoms with van der Waals surface area (Å²) in [6.07, 6.45) is 8.88. The third-order valence-corrected chi connectivity index (χ3v) is 5.13. The van der Waals surface area contributed by atoms with Crippen molar-refractivity contribution in [2.24, 2.45) is 0 Å². The number of carbonyl (C=O) groups is 1. The molecule has 0 aromatic heterocycles. The third-order valence-electron chi connectivity index (χ3n) is 5.13. The number of anilines is 1. The lowest BCUT2D eigenvalue weighted by molar-refractivity contribution is 0.109. The van der Waals surface area contributed by atoms with Crippen LogP contribution in [0.4, 0.5) is 10.5 Å². The first-order chi connectivity index (χ1) is 14.0. The summed E-state index contributed by atoms with van der Waals surface area (Å²) >= 11 is 0. The first-order valence-electron chi connectivity index (χ1n) is 11.3. The Balaban J connectivity index is 2.39. The zero-order chi connectivity index (χ0) is 21.5. The van der Waals surface area contributed by atoms with E-state index in [4.69, 9.17) is 4.74 Å². The first kappa shape index (κ1) is 25.1. The Morgan fingerprint density at radius 3 is 2.38 bits per heavy atom. The Morgan fingerprint density at radius 1 is 1.00 bits per heavy atom. The minimum atomic E-state index is -0.209. The Kier molecular flexibility index (Phi) is 12.9. The maximum atomic E-state index is 12.2. The van der Waals surface area contributed by atoms with E-state index in [-0.39, 0.29) is 6.09 Å². The SMILES string of the molecule is C=C(C)CN(CCCN(C)C(=O)OCCCCCCCC)c1ccccc1CC. The van der Waals surface area contributed by atoms with E-state index in [0.29, 0.717) is 13.2 Å². The topological polar surface area (TPSA) is 32.8 Å². The number of hydrogen-bond acceptors (Lipinski definition) is 3. The van der Waals surface area contributed by atoms with E-state index in [1.165, 1.54) is 36.9 Å². The van der Waals surface area contributed by atoms with Gasteiger partial charge in [0.1, 0.15) is 0 Å². The Hall–Kier alpha value is -1.97. The van der Waals surface area contributed by atoms with Gasteiger partial charge >= 0.3 is 6.09 Å². The molecule has 29 heavy (non-hydrogen) atoms. The molecule has 0 heterocycles. The van der Waals surface area contributed by atoms with Crippen molar-refractivity contribution in [3.05, 3.63) is 42.0 Å². The second kappa shape index (κ2) is 14.9. The van der Waals surface area contributed by atoms with Gasteiger partial charge in [0.15, 0.2) is 0 Å². The van der Waals surface area contributed by atoms with Gasteiger partial charge in [-0.1, -0.05) is 76.3 Å². The summed E-state index contributed by atoms with van der Waals surface area (Å²) in [6.45, 7) is 13.5. The Labute approximate surface area is 178 Å². The molecule has 0 aliphatic rings. The molecule has 4 heteroatoms. The van der Waals surface area contributed by atoms with Gasteiger partial charge in [-0.15, -0.1) is 0 Å². The molecular formula is C25H42N2O2. The molecule has 0 radical (unpaired) electrons. The maximum Gasteiger partial charge on any atom is 0.409 e. The summed E-state index contributed by atoms with van der Waals surface area (Å²) in [5.41, 5.74) is 3.76. The van der Waals surface area contributed by atoms with E-state index >= 15 is 0 Å². The molecule has 0 atom stereocenters. The van der Waals surface area contributed by atoms with Gasteiger partial charge in [0.05, 0.1) is 6.61 Å². The number of unbranched alkanes of at least 4 members (excludes halogenated alkanes) is 5. The summed E-state index contributed by atoms with van der Waals surface area (Å²) in [6, 6.07) is 8.55. The van der Waals surface area contributed by atoms with Gasteiger partial charge in [0.25, 0.3) is 0 Å². The van der Waals surface area contributed by atoms with Crippen LogP contribution in [0.5, 0.6) is 0 Å². The number of aryl methyl sites for hydroxylation is 1.